The SMILES string of the molecule is CC(C)/C=C/C(=O)C1=C(O)C(=O)OC1.NCCCCC(N)C(=O)O. The first-order valence-corrected chi connectivity index (χ1v) is 7.70. The third-order valence-corrected chi connectivity index (χ3v) is 3.04. The predicted molar refractivity (Wildman–Crippen MR) is 88.1 cm³/mol. The van der Waals surface area contributed by atoms with Crippen LogP contribution in [0.3, 0.4) is 0 Å². The zero-order valence-electron chi connectivity index (χ0n) is 14.0. The molecule has 0 aliphatic carbocycles. The van der Waals surface area contributed by atoms with Crippen LogP contribution in [0.2, 0.25) is 0 Å². The lowest BCUT2D eigenvalue weighted by molar-refractivity contribution is -0.139. The van der Waals surface area contributed by atoms with Crippen molar-refractivity contribution >= 4 is 17.7 Å². The highest BCUT2D eigenvalue weighted by Gasteiger charge is 2.27. The van der Waals surface area contributed by atoms with Gasteiger partial charge in [-0.05, 0) is 31.4 Å². The van der Waals surface area contributed by atoms with Crippen molar-refractivity contribution in [2.24, 2.45) is 17.4 Å². The van der Waals surface area contributed by atoms with E-state index in [-0.39, 0.29) is 23.9 Å². The Morgan fingerprint density at radius 1 is 1.33 bits per heavy atom. The highest BCUT2D eigenvalue weighted by molar-refractivity contribution is 6.10. The first-order valence-electron chi connectivity index (χ1n) is 7.70. The van der Waals surface area contributed by atoms with Crippen molar-refractivity contribution in [3.8, 4) is 0 Å². The van der Waals surface area contributed by atoms with E-state index >= 15 is 0 Å². The molecule has 8 heteroatoms. The molecule has 1 aliphatic rings. The first kappa shape index (κ1) is 21.8. The fraction of sp³-hybridized carbons (Fsp3) is 0.562. The number of carbonyl (C=O) groups is 3. The smallest absolute Gasteiger partial charge is 0.374 e. The fourth-order valence-corrected chi connectivity index (χ4v) is 1.60. The number of rotatable bonds is 8. The van der Waals surface area contributed by atoms with Crippen molar-refractivity contribution in [2.75, 3.05) is 13.2 Å². The molecule has 0 amide bonds. The molecule has 1 atom stereocenters. The van der Waals surface area contributed by atoms with E-state index in [2.05, 4.69) is 4.74 Å². The standard InChI is InChI=1S/C10H12O4.C6H14N2O2/c1-6(2)3-4-8(11)7-5-14-10(13)9(7)12;7-4-2-1-3-5(8)6(9)10/h3-4,6,12H,5H2,1-2H3;5H,1-4,7-8H2,(H,9,10)/b4-3+;. The molecule has 1 heterocycles. The highest BCUT2D eigenvalue weighted by atomic mass is 16.6. The molecule has 0 bridgehead atoms. The molecule has 0 saturated carbocycles. The van der Waals surface area contributed by atoms with Crippen molar-refractivity contribution in [2.45, 2.75) is 39.2 Å². The van der Waals surface area contributed by atoms with Crippen LogP contribution >= 0.6 is 0 Å². The van der Waals surface area contributed by atoms with Crippen LogP contribution < -0.4 is 11.5 Å². The van der Waals surface area contributed by atoms with Crippen LogP contribution in [0.25, 0.3) is 0 Å². The molecule has 0 aromatic rings. The number of carboxylic acids is 1. The number of carbonyl (C=O) groups excluding carboxylic acids is 2. The zero-order chi connectivity index (χ0) is 18.7. The Kier molecular flexibility index (Phi) is 10.3. The number of aliphatic hydroxyl groups excluding tert-OH is 1. The van der Waals surface area contributed by atoms with Gasteiger partial charge in [0.25, 0.3) is 0 Å². The third-order valence-electron chi connectivity index (χ3n) is 3.04. The predicted octanol–water partition coefficient (Wildman–Crippen LogP) is 0.664. The monoisotopic (exact) mass is 342 g/mol. The first-order chi connectivity index (χ1) is 11.2. The molecule has 1 unspecified atom stereocenters. The van der Waals surface area contributed by atoms with Gasteiger partial charge in [-0.1, -0.05) is 26.3 Å². The summed E-state index contributed by atoms with van der Waals surface area (Å²) in [5, 5.41) is 17.5. The maximum absolute atomic E-state index is 11.4. The number of unbranched alkanes of at least 4 members (excludes halogenated alkanes) is 1. The second-order valence-electron chi connectivity index (χ2n) is 5.60. The summed E-state index contributed by atoms with van der Waals surface area (Å²) < 4.78 is 4.49. The third kappa shape index (κ3) is 8.44. The van der Waals surface area contributed by atoms with E-state index in [1.54, 1.807) is 6.08 Å². The van der Waals surface area contributed by atoms with E-state index in [9.17, 15) is 14.4 Å². The molecule has 0 fully saturated rings. The lowest BCUT2D eigenvalue weighted by atomic mass is 10.1. The molecule has 0 radical (unpaired) electrons. The number of nitrogens with two attached hydrogens (primary N) is 2. The Morgan fingerprint density at radius 3 is 2.38 bits per heavy atom. The number of esters is 1. The van der Waals surface area contributed by atoms with Gasteiger partial charge in [-0.15, -0.1) is 0 Å². The van der Waals surface area contributed by atoms with Gasteiger partial charge in [0.05, 0.1) is 5.57 Å². The number of allylic oxidation sites excluding steroid dienone is 2. The number of aliphatic hydroxyl groups is 1. The van der Waals surface area contributed by atoms with Crippen LogP contribution in [-0.4, -0.2) is 47.1 Å². The molecule has 0 aromatic carbocycles. The van der Waals surface area contributed by atoms with Gasteiger partial charge in [-0.2, -0.15) is 0 Å². The highest BCUT2D eigenvalue weighted by Crippen LogP contribution is 2.14. The average molecular weight is 342 g/mol. The van der Waals surface area contributed by atoms with Gasteiger partial charge < -0.3 is 26.4 Å². The summed E-state index contributed by atoms with van der Waals surface area (Å²) in [7, 11) is 0. The second-order valence-corrected chi connectivity index (χ2v) is 5.60. The summed E-state index contributed by atoms with van der Waals surface area (Å²) in [6, 6.07) is -0.716. The van der Waals surface area contributed by atoms with E-state index in [0.29, 0.717) is 13.0 Å². The van der Waals surface area contributed by atoms with Gasteiger partial charge >= 0.3 is 11.9 Å². The van der Waals surface area contributed by atoms with Crippen molar-refractivity contribution < 1.29 is 29.3 Å². The van der Waals surface area contributed by atoms with Crippen molar-refractivity contribution in [3.63, 3.8) is 0 Å². The minimum Gasteiger partial charge on any atom is -0.501 e. The van der Waals surface area contributed by atoms with Gasteiger partial charge in [0, 0.05) is 0 Å². The number of aliphatic carboxylic acids is 1. The summed E-state index contributed by atoms with van der Waals surface area (Å²) in [6.45, 7) is 4.32. The lowest BCUT2D eigenvalue weighted by Gasteiger charge is -2.03. The largest absolute Gasteiger partial charge is 0.501 e. The minimum atomic E-state index is -0.933. The Labute approximate surface area is 141 Å². The van der Waals surface area contributed by atoms with Gasteiger partial charge in [-0.25, -0.2) is 4.79 Å². The summed E-state index contributed by atoms with van der Waals surface area (Å²) in [5.74, 6) is -2.45. The summed E-state index contributed by atoms with van der Waals surface area (Å²) in [6.07, 6.45) is 5.21. The number of hydrogen-bond donors (Lipinski definition) is 4. The van der Waals surface area contributed by atoms with Gasteiger partial charge in [0.2, 0.25) is 5.76 Å². The zero-order valence-corrected chi connectivity index (χ0v) is 14.0. The summed E-state index contributed by atoms with van der Waals surface area (Å²) in [5.41, 5.74) is 10.5. The van der Waals surface area contributed by atoms with Crippen LogP contribution in [0, 0.1) is 5.92 Å². The van der Waals surface area contributed by atoms with Crippen molar-refractivity contribution in [3.05, 3.63) is 23.5 Å². The maximum Gasteiger partial charge on any atom is 0.374 e. The Morgan fingerprint density at radius 2 is 1.96 bits per heavy atom. The summed E-state index contributed by atoms with van der Waals surface area (Å²) in [4.78, 5) is 32.2. The summed E-state index contributed by atoms with van der Waals surface area (Å²) >= 11 is 0. The molecular formula is C16H26N2O6. The molecule has 0 aromatic heterocycles. The Balaban J connectivity index is 0.000000470. The topological polar surface area (TPSA) is 153 Å². The maximum atomic E-state index is 11.4. The van der Waals surface area contributed by atoms with Crippen LogP contribution in [-0.2, 0) is 19.1 Å². The lowest BCUT2D eigenvalue weighted by Crippen LogP contribution is -2.29. The molecule has 6 N–H and O–H groups in total. The molecule has 0 saturated heterocycles. The number of hydrogen-bond acceptors (Lipinski definition) is 7. The Hall–Kier alpha value is -2.19. The van der Waals surface area contributed by atoms with E-state index in [4.69, 9.17) is 21.7 Å². The van der Waals surface area contributed by atoms with Crippen LogP contribution in [0.15, 0.2) is 23.5 Å². The molecule has 1 rings (SSSR count). The number of cyclic esters (lactones) is 1. The van der Waals surface area contributed by atoms with Gasteiger partial charge in [0.1, 0.15) is 12.6 Å². The average Bonchev–Trinajstić information content (AvgIpc) is 2.85. The number of carboxylic acid groups (broad SMARTS) is 1. The molecule has 8 nitrogen and oxygen atoms in total. The molecule has 1 aliphatic heterocycles. The quantitative estimate of drug-likeness (QED) is 0.285. The normalized spacial score (nSPS) is 15.3. The second kappa shape index (κ2) is 11.4. The van der Waals surface area contributed by atoms with E-state index in [0.717, 1.165) is 12.8 Å². The van der Waals surface area contributed by atoms with E-state index in [1.807, 2.05) is 13.8 Å². The van der Waals surface area contributed by atoms with E-state index in [1.165, 1.54) is 6.08 Å². The number of ketones is 1. The minimum absolute atomic E-state index is 0.0342. The van der Waals surface area contributed by atoms with Crippen LogP contribution in [0.5, 0.6) is 0 Å². The van der Waals surface area contributed by atoms with Crippen LogP contribution in [0.4, 0.5) is 0 Å². The van der Waals surface area contributed by atoms with Crippen molar-refractivity contribution in [1.29, 1.82) is 0 Å². The van der Waals surface area contributed by atoms with Crippen molar-refractivity contribution in [1.82, 2.24) is 0 Å². The molecule has 136 valence electrons. The van der Waals surface area contributed by atoms with Crippen LogP contribution in [0.1, 0.15) is 33.1 Å². The number of ether oxygens (including phenoxy) is 1. The Bertz CT molecular complexity index is 511. The molecular weight excluding hydrogens is 316 g/mol. The van der Waals surface area contributed by atoms with E-state index < -0.39 is 23.7 Å². The fourth-order valence-electron chi connectivity index (χ4n) is 1.60. The molecule has 0 spiro atoms. The molecule has 24 heavy (non-hydrogen) atoms. The van der Waals surface area contributed by atoms with Gasteiger partial charge in [-0.3, -0.25) is 9.59 Å². The van der Waals surface area contributed by atoms with Gasteiger partial charge in [0.15, 0.2) is 5.78 Å².